The largest absolute Gasteiger partial charge is 0.465 e. The molecule has 1 aromatic rings. The Kier molecular flexibility index (Phi) is 7.61. The summed E-state index contributed by atoms with van der Waals surface area (Å²) in [6.45, 7) is 3.29. The predicted octanol–water partition coefficient (Wildman–Crippen LogP) is 1.78. The Morgan fingerprint density at radius 1 is 1.48 bits per heavy atom. The van der Waals surface area contributed by atoms with Crippen molar-refractivity contribution in [2.75, 3.05) is 38.8 Å². The summed E-state index contributed by atoms with van der Waals surface area (Å²) >= 11 is 5.96. The second kappa shape index (κ2) is 9.72. The maximum absolute atomic E-state index is 11.0. The number of rotatable bonds is 8. The number of alkyl halides is 1. The average molecular weight is 343 g/mol. The molecule has 7 heteroatoms. The van der Waals surface area contributed by atoms with Crippen LogP contribution in [0.4, 0.5) is 4.79 Å². The summed E-state index contributed by atoms with van der Waals surface area (Å²) in [7, 11) is 0. The number of nitrogens with zero attached hydrogens (tertiary/aromatic N) is 1. The lowest BCUT2D eigenvalue weighted by Crippen LogP contribution is -2.53. The topological polar surface area (TPSA) is 71.0 Å². The Balaban J connectivity index is 1.84. The molecule has 23 heavy (non-hydrogen) atoms. The Hall–Kier alpha value is -1.34. The van der Waals surface area contributed by atoms with E-state index in [-0.39, 0.29) is 12.1 Å². The number of ether oxygens (including phenoxy) is 2. The molecule has 0 unspecified atom stereocenters. The van der Waals surface area contributed by atoms with E-state index in [1.54, 1.807) is 0 Å². The summed E-state index contributed by atoms with van der Waals surface area (Å²) in [5.74, 6) is 0.463. The molecule has 2 atom stereocenters. The molecule has 0 spiro atoms. The van der Waals surface area contributed by atoms with Crippen molar-refractivity contribution < 1.29 is 19.4 Å². The minimum atomic E-state index is -1.05. The zero-order chi connectivity index (χ0) is 16.5. The normalized spacial score (nSPS) is 20.1. The van der Waals surface area contributed by atoms with Crippen LogP contribution in [-0.2, 0) is 16.1 Å². The Labute approximate surface area is 141 Å². The first kappa shape index (κ1) is 18.0. The molecule has 6 nitrogen and oxygen atoms in total. The third-order valence-corrected chi connectivity index (χ3v) is 4.10. The monoisotopic (exact) mass is 342 g/mol. The molecule has 1 amide bonds. The van der Waals surface area contributed by atoms with Gasteiger partial charge >= 0.3 is 6.09 Å². The van der Waals surface area contributed by atoms with E-state index in [9.17, 15) is 4.79 Å². The van der Waals surface area contributed by atoms with Crippen LogP contribution >= 0.6 is 11.6 Å². The molecular weight excluding hydrogens is 320 g/mol. The third kappa shape index (κ3) is 6.35. The van der Waals surface area contributed by atoms with Gasteiger partial charge in [0.15, 0.2) is 0 Å². The minimum Gasteiger partial charge on any atom is -0.465 e. The summed E-state index contributed by atoms with van der Waals surface area (Å²) in [6, 6.07) is 9.60. The lowest BCUT2D eigenvalue weighted by atomic mass is 10.2. The smallest absolute Gasteiger partial charge is 0.405 e. The van der Waals surface area contributed by atoms with E-state index in [1.807, 2.05) is 30.3 Å². The van der Waals surface area contributed by atoms with E-state index >= 15 is 0 Å². The van der Waals surface area contributed by atoms with E-state index < -0.39 is 6.09 Å². The third-order valence-electron chi connectivity index (χ3n) is 3.74. The van der Waals surface area contributed by atoms with E-state index in [0.29, 0.717) is 38.9 Å². The van der Waals surface area contributed by atoms with Crippen molar-refractivity contribution in [2.24, 2.45) is 0 Å². The van der Waals surface area contributed by atoms with Crippen molar-refractivity contribution in [1.82, 2.24) is 10.2 Å². The van der Waals surface area contributed by atoms with Gasteiger partial charge in [0, 0.05) is 25.0 Å². The summed E-state index contributed by atoms with van der Waals surface area (Å²) < 4.78 is 11.1. The molecule has 1 saturated heterocycles. The number of nitrogens with one attached hydrogen (secondary N) is 1. The van der Waals surface area contributed by atoms with Gasteiger partial charge in [0.1, 0.15) is 0 Å². The number of carbonyl (C=O) groups is 1. The predicted molar refractivity (Wildman–Crippen MR) is 87.9 cm³/mol. The highest BCUT2D eigenvalue weighted by Gasteiger charge is 2.25. The van der Waals surface area contributed by atoms with Crippen LogP contribution in [0.3, 0.4) is 0 Å². The molecule has 1 aliphatic heterocycles. The first-order valence-electron chi connectivity index (χ1n) is 7.68. The Bertz CT molecular complexity index is 474. The van der Waals surface area contributed by atoms with E-state index in [2.05, 4.69) is 10.2 Å². The van der Waals surface area contributed by atoms with Crippen molar-refractivity contribution in [3.8, 4) is 0 Å². The van der Waals surface area contributed by atoms with Crippen molar-refractivity contribution in [2.45, 2.75) is 18.7 Å². The molecule has 1 aliphatic rings. The number of morpholine rings is 1. The molecule has 1 fully saturated rings. The molecule has 1 aromatic carbocycles. The molecule has 128 valence electrons. The van der Waals surface area contributed by atoms with Crippen LogP contribution in [0, 0.1) is 0 Å². The zero-order valence-corrected chi connectivity index (χ0v) is 13.7. The van der Waals surface area contributed by atoms with E-state index in [4.69, 9.17) is 26.2 Å². The SMILES string of the molecule is O=C(O)N[C@H](COCc1ccccc1)CN1CCOC[C@@H]1CCl. The van der Waals surface area contributed by atoms with Gasteiger partial charge in [0.25, 0.3) is 0 Å². The number of amides is 1. The zero-order valence-electron chi connectivity index (χ0n) is 13.0. The van der Waals surface area contributed by atoms with Crippen LogP contribution in [0.1, 0.15) is 5.56 Å². The summed E-state index contributed by atoms with van der Waals surface area (Å²) in [6.07, 6.45) is -1.05. The second-order valence-electron chi connectivity index (χ2n) is 5.53. The van der Waals surface area contributed by atoms with Crippen molar-refractivity contribution in [3.63, 3.8) is 0 Å². The minimum absolute atomic E-state index is 0.109. The second-order valence-corrected chi connectivity index (χ2v) is 5.83. The fourth-order valence-corrected chi connectivity index (χ4v) is 2.85. The van der Waals surface area contributed by atoms with E-state index in [1.165, 1.54) is 0 Å². The quantitative estimate of drug-likeness (QED) is 0.705. The molecular formula is C16H23ClN2O4. The van der Waals surface area contributed by atoms with Gasteiger partial charge < -0.3 is 19.9 Å². The number of hydrogen-bond acceptors (Lipinski definition) is 4. The molecule has 0 saturated carbocycles. The van der Waals surface area contributed by atoms with Crippen molar-refractivity contribution in [3.05, 3.63) is 35.9 Å². The first-order valence-corrected chi connectivity index (χ1v) is 8.21. The Morgan fingerprint density at radius 2 is 2.26 bits per heavy atom. The van der Waals surface area contributed by atoms with Crippen LogP contribution in [0.25, 0.3) is 0 Å². The van der Waals surface area contributed by atoms with Gasteiger partial charge in [-0.25, -0.2) is 4.79 Å². The van der Waals surface area contributed by atoms with Gasteiger partial charge in [-0.05, 0) is 5.56 Å². The van der Waals surface area contributed by atoms with Crippen LogP contribution in [0.2, 0.25) is 0 Å². The van der Waals surface area contributed by atoms with Gasteiger partial charge in [-0.1, -0.05) is 30.3 Å². The van der Waals surface area contributed by atoms with Crippen LogP contribution in [-0.4, -0.2) is 67.0 Å². The standard InChI is InChI=1S/C16H23ClN2O4/c17-8-15-12-22-7-6-19(15)9-14(18-16(20)21)11-23-10-13-4-2-1-3-5-13/h1-5,14-15,18H,6-12H2,(H,20,21)/t14-,15-/m0/s1. The highest BCUT2D eigenvalue weighted by Crippen LogP contribution is 2.10. The van der Waals surface area contributed by atoms with Crippen LogP contribution in [0.15, 0.2) is 30.3 Å². The highest BCUT2D eigenvalue weighted by atomic mass is 35.5. The van der Waals surface area contributed by atoms with Gasteiger partial charge in [0.2, 0.25) is 0 Å². The highest BCUT2D eigenvalue weighted by molar-refractivity contribution is 6.18. The fraction of sp³-hybridized carbons (Fsp3) is 0.562. The summed E-state index contributed by atoms with van der Waals surface area (Å²) in [5.41, 5.74) is 1.06. The number of carboxylic acid groups (broad SMARTS) is 1. The first-order chi connectivity index (χ1) is 11.2. The number of hydrogen-bond donors (Lipinski definition) is 2. The average Bonchev–Trinajstić information content (AvgIpc) is 2.55. The number of halogens is 1. The molecule has 0 aromatic heterocycles. The fourth-order valence-electron chi connectivity index (χ4n) is 2.56. The lowest BCUT2D eigenvalue weighted by Gasteiger charge is -2.36. The maximum atomic E-state index is 11.0. The van der Waals surface area contributed by atoms with Gasteiger partial charge in [-0.3, -0.25) is 4.90 Å². The Morgan fingerprint density at radius 3 is 2.96 bits per heavy atom. The lowest BCUT2D eigenvalue weighted by molar-refractivity contribution is -0.00982. The molecule has 0 aliphatic carbocycles. The van der Waals surface area contributed by atoms with Crippen LogP contribution in [0.5, 0.6) is 0 Å². The summed E-state index contributed by atoms with van der Waals surface area (Å²) in [4.78, 5) is 13.2. The van der Waals surface area contributed by atoms with Gasteiger partial charge in [-0.2, -0.15) is 0 Å². The van der Waals surface area contributed by atoms with Crippen LogP contribution < -0.4 is 5.32 Å². The molecule has 2 rings (SSSR count). The number of benzene rings is 1. The molecule has 0 radical (unpaired) electrons. The van der Waals surface area contributed by atoms with E-state index in [0.717, 1.165) is 12.1 Å². The van der Waals surface area contributed by atoms with Crippen molar-refractivity contribution in [1.29, 1.82) is 0 Å². The van der Waals surface area contributed by atoms with Gasteiger partial charge in [0.05, 0.1) is 32.5 Å². The van der Waals surface area contributed by atoms with Gasteiger partial charge in [-0.15, -0.1) is 11.6 Å². The maximum Gasteiger partial charge on any atom is 0.405 e. The molecule has 2 N–H and O–H groups in total. The molecule has 0 bridgehead atoms. The van der Waals surface area contributed by atoms with Crippen molar-refractivity contribution >= 4 is 17.7 Å². The molecule has 1 heterocycles. The summed E-state index contributed by atoms with van der Waals surface area (Å²) in [5, 5.41) is 11.5.